The van der Waals surface area contributed by atoms with E-state index in [-0.39, 0.29) is 5.69 Å². The molecule has 0 N–H and O–H groups in total. The van der Waals surface area contributed by atoms with E-state index in [2.05, 4.69) is 27.0 Å². The van der Waals surface area contributed by atoms with Crippen LogP contribution in [0, 0.1) is 10.1 Å². The molecule has 3 rings (SSSR count). The summed E-state index contributed by atoms with van der Waals surface area (Å²) < 4.78 is 1.99. The number of thiophene rings is 1. The van der Waals surface area contributed by atoms with Gasteiger partial charge in [-0.05, 0) is 28.0 Å². The van der Waals surface area contributed by atoms with Gasteiger partial charge < -0.3 is 4.57 Å². The third kappa shape index (κ3) is 3.77. The Kier molecular flexibility index (Phi) is 4.73. The van der Waals surface area contributed by atoms with Gasteiger partial charge in [0.1, 0.15) is 5.82 Å². The minimum atomic E-state index is -0.393. The van der Waals surface area contributed by atoms with E-state index in [1.807, 2.05) is 11.6 Å². The number of non-ortho nitro benzene ring substituents is 1. The van der Waals surface area contributed by atoms with Crippen LogP contribution in [0.2, 0.25) is 0 Å². The monoisotopic (exact) mass is 346 g/mol. The van der Waals surface area contributed by atoms with Crippen LogP contribution in [0.1, 0.15) is 17.0 Å². The molecule has 0 fully saturated rings. The van der Waals surface area contributed by atoms with E-state index in [9.17, 15) is 10.1 Å². The highest BCUT2D eigenvalue weighted by molar-refractivity contribution is 7.98. The molecule has 8 heteroatoms. The highest BCUT2D eigenvalue weighted by Gasteiger charge is 2.11. The second-order valence-corrected chi connectivity index (χ2v) is 6.70. The molecule has 3 aromatic rings. The van der Waals surface area contributed by atoms with Gasteiger partial charge in [0.15, 0.2) is 5.16 Å². The minimum absolute atomic E-state index is 0.107. The third-order valence-corrected chi connectivity index (χ3v) is 5.21. The molecule has 118 valence electrons. The first-order chi connectivity index (χ1) is 11.1. The lowest BCUT2D eigenvalue weighted by atomic mass is 10.2. The Hall–Kier alpha value is -2.19. The molecular weight excluding hydrogens is 332 g/mol. The van der Waals surface area contributed by atoms with Crippen molar-refractivity contribution in [2.75, 3.05) is 0 Å². The standard InChI is InChI=1S/C15H14N4O2S2/c1-18-14(8-12-6-7-22-9-12)16-17-15(18)23-10-11-2-4-13(5-3-11)19(20)21/h2-7,9H,8,10H2,1H3. The molecule has 0 aliphatic rings. The molecule has 0 aliphatic carbocycles. The number of rotatable bonds is 6. The summed E-state index contributed by atoms with van der Waals surface area (Å²) >= 11 is 3.24. The summed E-state index contributed by atoms with van der Waals surface area (Å²) in [6, 6.07) is 8.67. The highest BCUT2D eigenvalue weighted by atomic mass is 32.2. The van der Waals surface area contributed by atoms with E-state index >= 15 is 0 Å². The number of thioether (sulfide) groups is 1. The maximum Gasteiger partial charge on any atom is 0.269 e. The molecule has 2 heterocycles. The summed E-state index contributed by atoms with van der Waals surface area (Å²) in [5.41, 5.74) is 2.36. The lowest BCUT2D eigenvalue weighted by molar-refractivity contribution is -0.384. The van der Waals surface area contributed by atoms with Crippen LogP contribution < -0.4 is 0 Å². The Morgan fingerprint density at radius 3 is 2.65 bits per heavy atom. The Balaban J connectivity index is 1.64. The number of nitrogens with zero attached hydrogens (tertiary/aromatic N) is 4. The highest BCUT2D eigenvalue weighted by Crippen LogP contribution is 2.23. The SMILES string of the molecule is Cn1c(Cc2ccsc2)nnc1SCc1ccc([N+](=O)[O-])cc1. The molecule has 0 atom stereocenters. The summed E-state index contributed by atoms with van der Waals surface area (Å²) in [5, 5.41) is 24.1. The second kappa shape index (κ2) is 6.93. The van der Waals surface area contributed by atoms with Crippen molar-refractivity contribution in [1.82, 2.24) is 14.8 Å². The van der Waals surface area contributed by atoms with Gasteiger partial charge in [-0.2, -0.15) is 11.3 Å². The van der Waals surface area contributed by atoms with Gasteiger partial charge in [-0.3, -0.25) is 10.1 Å². The van der Waals surface area contributed by atoms with Gasteiger partial charge in [0, 0.05) is 31.4 Å². The zero-order valence-electron chi connectivity index (χ0n) is 12.4. The van der Waals surface area contributed by atoms with Crippen LogP contribution in [-0.4, -0.2) is 19.7 Å². The van der Waals surface area contributed by atoms with Gasteiger partial charge >= 0.3 is 0 Å². The molecule has 23 heavy (non-hydrogen) atoms. The van der Waals surface area contributed by atoms with Crippen LogP contribution in [0.4, 0.5) is 5.69 Å². The molecule has 0 aliphatic heterocycles. The fraction of sp³-hybridized carbons (Fsp3) is 0.200. The Morgan fingerprint density at radius 1 is 1.22 bits per heavy atom. The van der Waals surface area contributed by atoms with E-state index in [4.69, 9.17) is 0 Å². The Labute approximate surface area is 141 Å². The molecule has 1 aromatic carbocycles. The lowest BCUT2D eigenvalue weighted by Gasteiger charge is -2.03. The van der Waals surface area contributed by atoms with E-state index < -0.39 is 4.92 Å². The molecule has 6 nitrogen and oxygen atoms in total. The maximum atomic E-state index is 10.6. The van der Waals surface area contributed by atoms with Crippen LogP contribution in [0.3, 0.4) is 0 Å². The van der Waals surface area contributed by atoms with Crippen LogP contribution in [-0.2, 0) is 19.2 Å². The predicted octanol–water partition coefficient (Wildman–Crippen LogP) is 3.67. The van der Waals surface area contributed by atoms with Gasteiger partial charge in [0.25, 0.3) is 5.69 Å². The number of nitro benzene ring substituents is 1. The zero-order chi connectivity index (χ0) is 16.2. The fourth-order valence-electron chi connectivity index (χ4n) is 2.06. The van der Waals surface area contributed by atoms with Crippen LogP contribution in [0.15, 0.2) is 46.2 Å². The van der Waals surface area contributed by atoms with Crippen molar-refractivity contribution >= 4 is 28.8 Å². The largest absolute Gasteiger partial charge is 0.309 e. The van der Waals surface area contributed by atoms with E-state index in [1.165, 1.54) is 17.7 Å². The van der Waals surface area contributed by atoms with Gasteiger partial charge in [-0.15, -0.1) is 10.2 Å². The average Bonchev–Trinajstić information content (AvgIpc) is 3.18. The van der Waals surface area contributed by atoms with E-state index in [0.717, 1.165) is 23.0 Å². The molecule has 2 aromatic heterocycles. The molecule has 0 saturated carbocycles. The van der Waals surface area contributed by atoms with Crippen molar-refractivity contribution in [3.05, 3.63) is 68.2 Å². The number of hydrogen-bond acceptors (Lipinski definition) is 6. The topological polar surface area (TPSA) is 73.8 Å². The van der Waals surface area contributed by atoms with Crippen LogP contribution in [0.5, 0.6) is 0 Å². The quantitative estimate of drug-likeness (QED) is 0.387. The van der Waals surface area contributed by atoms with Crippen molar-refractivity contribution in [1.29, 1.82) is 0 Å². The second-order valence-electron chi connectivity index (χ2n) is 4.98. The summed E-state index contributed by atoms with van der Waals surface area (Å²) in [6.07, 6.45) is 0.769. The Morgan fingerprint density at radius 2 is 2.00 bits per heavy atom. The number of aromatic nitrogens is 3. The smallest absolute Gasteiger partial charge is 0.269 e. The van der Waals surface area contributed by atoms with Gasteiger partial charge in [-0.1, -0.05) is 23.9 Å². The molecule has 0 radical (unpaired) electrons. The predicted molar refractivity (Wildman–Crippen MR) is 90.8 cm³/mol. The van der Waals surface area contributed by atoms with Crippen molar-refractivity contribution < 1.29 is 4.92 Å². The van der Waals surface area contributed by atoms with E-state index in [0.29, 0.717) is 5.75 Å². The molecule has 0 bridgehead atoms. The fourth-order valence-corrected chi connectivity index (χ4v) is 3.62. The van der Waals surface area contributed by atoms with Gasteiger partial charge in [0.05, 0.1) is 4.92 Å². The number of nitro groups is 1. The van der Waals surface area contributed by atoms with Crippen molar-refractivity contribution in [2.45, 2.75) is 17.3 Å². The average molecular weight is 346 g/mol. The van der Waals surface area contributed by atoms with Crippen LogP contribution in [0.25, 0.3) is 0 Å². The minimum Gasteiger partial charge on any atom is -0.309 e. The van der Waals surface area contributed by atoms with Gasteiger partial charge in [-0.25, -0.2) is 0 Å². The van der Waals surface area contributed by atoms with Crippen molar-refractivity contribution in [3.63, 3.8) is 0 Å². The molecule has 0 spiro atoms. The van der Waals surface area contributed by atoms with Crippen LogP contribution >= 0.6 is 23.1 Å². The van der Waals surface area contributed by atoms with Crippen molar-refractivity contribution in [2.24, 2.45) is 7.05 Å². The summed E-state index contributed by atoms with van der Waals surface area (Å²) in [6.45, 7) is 0. The summed E-state index contributed by atoms with van der Waals surface area (Å²) in [7, 11) is 1.96. The third-order valence-electron chi connectivity index (χ3n) is 3.38. The lowest BCUT2D eigenvalue weighted by Crippen LogP contribution is -1.99. The zero-order valence-corrected chi connectivity index (χ0v) is 14.0. The first-order valence-electron chi connectivity index (χ1n) is 6.89. The first-order valence-corrected chi connectivity index (χ1v) is 8.82. The molecule has 0 saturated heterocycles. The summed E-state index contributed by atoms with van der Waals surface area (Å²) in [4.78, 5) is 10.3. The van der Waals surface area contributed by atoms with Crippen molar-refractivity contribution in [3.8, 4) is 0 Å². The molecule has 0 unspecified atom stereocenters. The number of benzene rings is 1. The number of hydrogen-bond donors (Lipinski definition) is 0. The molecular formula is C15H14N4O2S2. The maximum absolute atomic E-state index is 10.6. The van der Waals surface area contributed by atoms with E-state index in [1.54, 1.807) is 35.2 Å². The van der Waals surface area contributed by atoms with Gasteiger partial charge in [0.2, 0.25) is 0 Å². The Bertz CT molecular complexity index is 798. The molecule has 0 amide bonds. The first kappa shape index (κ1) is 15.7. The normalized spacial score (nSPS) is 10.8. The summed E-state index contributed by atoms with van der Waals surface area (Å²) in [5.74, 6) is 1.62.